The van der Waals surface area contributed by atoms with Crippen LogP contribution in [0.5, 0.6) is 0 Å². The molecule has 2 aromatic heterocycles. The smallest absolute Gasteiger partial charge is 0.358 e. The molecule has 170 valence electrons. The number of nitrogens with one attached hydrogen (secondary N) is 1. The van der Waals surface area contributed by atoms with E-state index in [0.717, 1.165) is 4.68 Å². The van der Waals surface area contributed by atoms with Crippen LogP contribution in [0.3, 0.4) is 0 Å². The predicted molar refractivity (Wildman–Crippen MR) is 99.0 cm³/mol. The number of halogens is 5. The van der Waals surface area contributed by atoms with Gasteiger partial charge in [0.15, 0.2) is 29.1 Å². The van der Waals surface area contributed by atoms with E-state index in [1.165, 1.54) is 29.9 Å². The van der Waals surface area contributed by atoms with Gasteiger partial charge in [-0.1, -0.05) is 6.92 Å². The number of carbonyl (C=O) groups is 1. The molecule has 0 radical (unpaired) electrons. The molecule has 1 N–H and O–H groups in total. The van der Waals surface area contributed by atoms with Crippen LogP contribution in [0.25, 0.3) is 0 Å². The highest BCUT2D eigenvalue weighted by Gasteiger charge is 2.26. The van der Waals surface area contributed by atoms with E-state index >= 15 is 0 Å². The number of hydrogen-bond acceptors (Lipinski definition) is 5. The molecule has 0 fully saturated rings. The third-order valence-corrected chi connectivity index (χ3v) is 4.56. The quantitative estimate of drug-likeness (QED) is 0.192. The topological polar surface area (TPSA) is 108 Å². The average molecular weight is 458 g/mol. The number of carbonyl (C=O) groups excluding carboxylic acids is 1. The zero-order chi connectivity index (χ0) is 23.7. The van der Waals surface area contributed by atoms with Crippen LogP contribution >= 0.6 is 0 Å². The molecule has 2 heterocycles. The lowest BCUT2D eigenvalue weighted by atomic mass is 10.1. The zero-order valence-electron chi connectivity index (χ0n) is 16.6. The van der Waals surface area contributed by atoms with Crippen LogP contribution < -0.4 is 5.32 Å². The van der Waals surface area contributed by atoms with Crippen molar-refractivity contribution in [3.8, 4) is 0 Å². The van der Waals surface area contributed by atoms with Crippen molar-refractivity contribution in [3.63, 3.8) is 0 Å². The predicted octanol–water partition coefficient (Wildman–Crippen LogP) is 3.31. The van der Waals surface area contributed by atoms with Gasteiger partial charge in [-0.05, 0) is 11.8 Å². The molecule has 1 atom stereocenters. The summed E-state index contributed by atoms with van der Waals surface area (Å²) >= 11 is 0. The number of rotatable bonds is 7. The number of hydrogen-bond donors (Lipinski definition) is 1. The highest BCUT2D eigenvalue weighted by molar-refractivity contribution is 5.91. The molecule has 9 nitrogen and oxygen atoms in total. The Balaban J connectivity index is 1.69. The Bertz CT molecular complexity index is 1180. The van der Waals surface area contributed by atoms with E-state index in [4.69, 9.17) is 0 Å². The Kier molecular flexibility index (Phi) is 6.23. The van der Waals surface area contributed by atoms with Crippen LogP contribution in [-0.4, -0.2) is 30.4 Å². The van der Waals surface area contributed by atoms with E-state index < -0.39 is 57.9 Å². The van der Waals surface area contributed by atoms with Crippen LogP contribution in [0.15, 0.2) is 18.3 Å². The third-order valence-electron chi connectivity index (χ3n) is 4.56. The molecule has 1 amide bonds. The molecular weight excluding hydrogens is 443 g/mol. The molecule has 0 spiro atoms. The van der Waals surface area contributed by atoms with Gasteiger partial charge in [0.1, 0.15) is 0 Å². The second kappa shape index (κ2) is 8.72. The highest BCUT2D eigenvalue weighted by atomic mass is 19.2. The van der Waals surface area contributed by atoms with Crippen LogP contribution in [0.4, 0.5) is 33.6 Å². The minimum absolute atomic E-state index is 0.0246. The lowest BCUT2D eigenvalue weighted by Crippen LogP contribution is -2.25. The molecule has 3 rings (SSSR count). The van der Waals surface area contributed by atoms with Crippen LogP contribution in [0, 0.1) is 52.0 Å². The zero-order valence-corrected chi connectivity index (χ0v) is 16.6. The monoisotopic (exact) mass is 458 g/mol. The maximum atomic E-state index is 13.8. The van der Waals surface area contributed by atoms with Gasteiger partial charge < -0.3 is 15.4 Å². The second-order valence-electron chi connectivity index (χ2n) is 6.92. The molecule has 14 heteroatoms. The fourth-order valence-electron chi connectivity index (χ4n) is 2.83. The Labute approximate surface area is 176 Å². The van der Waals surface area contributed by atoms with Gasteiger partial charge in [0.2, 0.25) is 11.7 Å². The standard InChI is InChI=1S/C18H15F5N6O3/c1-8(6-28-9(2)5-12(26-28)29(31)32)18(30)24-11-3-4-27(25-11)7-10-13(19)15(21)17(23)16(22)14(10)20/h3-5,8H,6-7H2,1-2H3,(H,24,25,30). The molecule has 1 unspecified atom stereocenters. The molecule has 3 aromatic rings. The molecule has 0 saturated carbocycles. The van der Waals surface area contributed by atoms with Crippen molar-refractivity contribution in [1.29, 1.82) is 0 Å². The molecule has 0 aliphatic heterocycles. The van der Waals surface area contributed by atoms with Gasteiger partial charge in [0.05, 0.1) is 41.4 Å². The van der Waals surface area contributed by atoms with Crippen molar-refractivity contribution >= 4 is 17.5 Å². The molecular formula is C18H15F5N6O3. The van der Waals surface area contributed by atoms with E-state index in [1.54, 1.807) is 6.92 Å². The summed E-state index contributed by atoms with van der Waals surface area (Å²) < 4.78 is 69.6. The fraction of sp³-hybridized carbons (Fsp3) is 0.278. The van der Waals surface area contributed by atoms with Crippen molar-refractivity contribution in [2.24, 2.45) is 5.92 Å². The van der Waals surface area contributed by atoms with Crippen molar-refractivity contribution < 1.29 is 31.7 Å². The first-order chi connectivity index (χ1) is 15.0. The van der Waals surface area contributed by atoms with Crippen LogP contribution in [0.2, 0.25) is 0 Å². The van der Waals surface area contributed by atoms with E-state index in [1.807, 2.05) is 0 Å². The Morgan fingerprint density at radius 1 is 1.12 bits per heavy atom. The first kappa shape index (κ1) is 22.8. The summed E-state index contributed by atoms with van der Waals surface area (Å²) in [7, 11) is 0. The summed E-state index contributed by atoms with van der Waals surface area (Å²) in [5, 5.41) is 20.9. The van der Waals surface area contributed by atoms with Crippen LogP contribution in [-0.2, 0) is 17.9 Å². The summed E-state index contributed by atoms with van der Waals surface area (Å²) in [6.07, 6.45) is 1.18. The van der Waals surface area contributed by atoms with Crippen molar-refractivity contribution in [2.75, 3.05) is 5.32 Å². The van der Waals surface area contributed by atoms with Gasteiger partial charge in [-0.25, -0.2) is 22.0 Å². The lowest BCUT2D eigenvalue weighted by molar-refractivity contribution is -0.389. The van der Waals surface area contributed by atoms with E-state index in [2.05, 4.69) is 15.5 Å². The SMILES string of the molecule is Cc1cc([N+](=O)[O-])nn1CC(C)C(=O)Nc1ccn(Cc2c(F)c(F)c(F)c(F)c2F)n1. The Morgan fingerprint density at radius 3 is 2.28 bits per heavy atom. The molecule has 0 saturated heterocycles. The van der Waals surface area contributed by atoms with Gasteiger partial charge in [-0.2, -0.15) is 9.78 Å². The second-order valence-corrected chi connectivity index (χ2v) is 6.92. The van der Waals surface area contributed by atoms with Gasteiger partial charge >= 0.3 is 5.82 Å². The fourth-order valence-corrected chi connectivity index (χ4v) is 2.83. The number of aromatic nitrogens is 4. The summed E-state index contributed by atoms with van der Waals surface area (Å²) in [5.74, 6) is -12.0. The normalized spacial score (nSPS) is 12.1. The highest BCUT2D eigenvalue weighted by Crippen LogP contribution is 2.24. The first-order valence-electron chi connectivity index (χ1n) is 9.03. The van der Waals surface area contributed by atoms with Crippen LogP contribution in [0.1, 0.15) is 18.2 Å². The van der Waals surface area contributed by atoms with Crippen molar-refractivity contribution in [3.05, 3.63) is 68.8 Å². The average Bonchev–Trinajstić information content (AvgIpc) is 3.34. The number of anilines is 1. The first-order valence-corrected chi connectivity index (χ1v) is 9.03. The van der Waals surface area contributed by atoms with E-state index in [0.29, 0.717) is 5.69 Å². The summed E-state index contributed by atoms with van der Waals surface area (Å²) in [6, 6.07) is 2.52. The number of aryl methyl sites for hydroxylation is 1. The number of nitrogens with zero attached hydrogens (tertiary/aromatic N) is 5. The van der Waals surface area contributed by atoms with Gasteiger partial charge in [-0.3, -0.25) is 9.48 Å². The van der Waals surface area contributed by atoms with E-state index in [9.17, 15) is 36.9 Å². The Hall–Kier alpha value is -3.84. The molecule has 0 aliphatic carbocycles. The van der Waals surface area contributed by atoms with Gasteiger partial charge in [0, 0.05) is 12.3 Å². The number of amides is 1. The summed E-state index contributed by atoms with van der Waals surface area (Å²) in [4.78, 5) is 22.5. The molecule has 1 aromatic carbocycles. The lowest BCUT2D eigenvalue weighted by Gasteiger charge is -2.10. The van der Waals surface area contributed by atoms with Crippen molar-refractivity contribution in [1.82, 2.24) is 19.6 Å². The van der Waals surface area contributed by atoms with Gasteiger partial charge in [-0.15, -0.1) is 0 Å². The summed E-state index contributed by atoms with van der Waals surface area (Å²) in [5.41, 5.74) is -0.602. The molecule has 0 aliphatic rings. The minimum atomic E-state index is -2.26. The number of benzene rings is 1. The largest absolute Gasteiger partial charge is 0.390 e. The third kappa shape index (κ3) is 4.43. The van der Waals surface area contributed by atoms with E-state index in [-0.39, 0.29) is 18.2 Å². The minimum Gasteiger partial charge on any atom is -0.358 e. The maximum Gasteiger partial charge on any atom is 0.390 e. The maximum absolute atomic E-state index is 13.8. The number of nitro groups is 1. The van der Waals surface area contributed by atoms with Crippen molar-refractivity contribution in [2.45, 2.75) is 26.9 Å². The summed E-state index contributed by atoms with van der Waals surface area (Å²) in [6.45, 7) is 2.38. The molecule has 0 bridgehead atoms. The molecule has 32 heavy (non-hydrogen) atoms. The van der Waals surface area contributed by atoms with Gasteiger partial charge in [0.25, 0.3) is 0 Å². The Morgan fingerprint density at radius 2 is 1.72 bits per heavy atom.